The smallest absolute Gasteiger partial charge is 0.238 e. The number of sulfone groups is 1. The molecule has 1 amide bonds. The third-order valence-electron chi connectivity index (χ3n) is 3.73. The molecule has 2 atom stereocenters. The van der Waals surface area contributed by atoms with Crippen LogP contribution in [0.5, 0.6) is 11.5 Å². The number of benzene rings is 2. The van der Waals surface area contributed by atoms with E-state index in [1.54, 1.807) is 6.92 Å². The van der Waals surface area contributed by atoms with Gasteiger partial charge in [0.05, 0.1) is 6.04 Å². The van der Waals surface area contributed by atoms with Crippen LogP contribution >= 0.6 is 0 Å². The monoisotopic (exact) mass is 347 g/mol. The highest BCUT2D eigenvalue weighted by atomic mass is 32.2. The molecule has 5 nitrogen and oxygen atoms in total. The number of rotatable bonds is 6. The fourth-order valence-electron chi connectivity index (χ4n) is 2.15. The molecule has 0 saturated heterocycles. The number of hydrogen-bond acceptors (Lipinski definition) is 4. The Morgan fingerprint density at radius 1 is 1.00 bits per heavy atom. The van der Waals surface area contributed by atoms with Gasteiger partial charge in [0.1, 0.15) is 16.7 Å². The molecule has 0 heterocycles. The second-order valence-corrected chi connectivity index (χ2v) is 8.02. The Labute approximate surface area is 142 Å². The maximum atomic E-state index is 12.1. The van der Waals surface area contributed by atoms with E-state index < -0.39 is 21.0 Å². The molecule has 0 aliphatic heterocycles. The average molecular weight is 347 g/mol. The van der Waals surface area contributed by atoms with Gasteiger partial charge in [0.25, 0.3) is 0 Å². The van der Waals surface area contributed by atoms with Gasteiger partial charge in [-0.25, -0.2) is 8.42 Å². The zero-order valence-corrected chi connectivity index (χ0v) is 14.7. The molecular weight excluding hydrogens is 326 g/mol. The Morgan fingerprint density at radius 3 is 2.21 bits per heavy atom. The van der Waals surface area contributed by atoms with E-state index in [0.717, 1.165) is 11.8 Å². The van der Waals surface area contributed by atoms with Crippen molar-refractivity contribution in [1.29, 1.82) is 0 Å². The molecule has 0 aliphatic rings. The van der Waals surface area contributed by atoms with Gasteiger partial charge in [-0.15, -0.1) is 0 Å². The first-order chi connectivity index (χ1) is 11.3. The number of carbonyl (C=O) groups is 1. The average Bonchev–Trinajstić information content (AvgIpc) is 2.54. The van der Waals surface area contributed by atoms with E-state index in [4.69, 9.17) is 4.74 Å². The number of hydrogen-bond donors (Lipinski definition) is 1. The SMILES string of the molecule is CC(NC(=O)C(C)S(C)(=O)=O)c1ccccc1Oc1ccccc1. The van der Waals surface area contributed by atoms with Crippen molar-refractivity contribution in [3.05, 3.63) is 60.2 Å². The summed E-state index contributed by atoms with van der Waals surface area (Å²) < 4.78 is 28.9. The van der Waals surface area contributed by atoms with Crippen molar-refractivity contribution in [2.45, 2.75) is 25.1 Å². The largest absolute Gasteiger partial charge is 0.457 e. The Kier molecular flexibility index (Phi) is 5.62. The van der Waals surface area contributed by atoms with Crippen molar-refractivity contribution >= 4 is 15.7 Å². The lowest BCUT2D eigenvalue weighted by atomic mass is 10.1. The summed E-state index contributed by atoms with van der Waals surface area (Å²) in [5, 5.41) is 1.64. The predicted octanol–water partition coefficient (Wildman–Crippen LogP) is 3.09. The molecule has 6 heteroatoms. The summed E-state index contributed by atoms with van der Waals surface area (Å²) in [5.41, 5.74) is 0.774. The lowest BCUT2D eigenvalue weighted by molar-refractivity contribution is -0.121. The van der Waals surface area contributed by atoms with Gasteiger partial charge in [0.2, 0.25) is 5.91 Å². The molecule has 2 rings (SSSR count). The maximum absolute atomic E-state index is 12.1. The zero-order valence-electron chi connectivity index (χ0n) is 13.9. The van der Waals surface area contributed by atoms with Crippen molar-refractivity contribution in [2.75, 3.05) is 6.26 Å². The fourth-order valence-corrected chi connectivity index (χ4v) is 2.61. The van der Waals surface area contributed by atoms with E-state index in [1.807, 2.05) is 54.6 Å². The Morgan fingerprint density at radius 2 is 1.58 bits per heavy atom. The standard InChI is InChI=1S/C18H21NO4S/c1-13(19-18(20)14(2)24(3,21)22)16-11-7-8-12-17(16)23-15-9-5-4-6-10-15/h4-14H,1-3H3,(H,19,20). The highest BCUT2D eigenvalue weighted by molar-refractivity contribution is 7.92. The molecule has 24 heavy (non-hydrogen) atoms. The molecule has 1 N–H and O–H groups in total. The van der Waals surface area contributed by atoms with Gasteiger partial charge in [-0.2, -0.15) is 0 Å². The van der Waals surface area contributed by atoms with Crippen LogP contribution in [0.4, 0.5) is 0 Å². The van der Waals surface area contributed by atoms with E-state index in [2.05, 4.69) is 5.32 Å². The van der Waals surface area contributed by atoms with E-state index in [0.29, 0.717) is 11.5 Å². The first kappa shape index (κ1) is 18.0. The van der Waals surface area contributed by atoms with Gasteiger partial charge in [0, 0.05) is 11.8 Å². The lowest BCUT2D eigenvalue weighted by Gasteiger charge is -2.20. The summed E-state index contributed by atoms with van der Waals surface area (Å²) in [6, 6.07) is 16.3. The number of nitrogens with one attached hydrogen (secondary N) is 1. The third-order valence-corrected chi connectivity index (χ3v) is 5.23. The van der Waals surface area contributed by atoms with Gasteiger partial charge in [-0.3, -0.25) is 4.79 Å². The second-order valence-electron chi connectivity index (χ2n) is 5.65. The van der Waals surface area contributed by atoms with Crippen LogP contribution in [-0.4, -0.2) is 25.8 Å². The van der Waals surface area contributed by atoms with Gasteiger partial charge < -0.3 is 10.1 Å². The van der Waals surface area contributed by atoms with Crippen LogP contribution in [0.15, 0.2) is 54.6 Å². The number of carbonyl (C=O) groups excluding carboxylic acids is 1. The Hall–Kier alpha value is -2.34. The second kappa shape index (κ2) is 7.49. The summed E-state index contributed by atoms with van der Waals surface area (Å²) >= 11 is 0. The minimum atomic E-state index is -3.43. The molecule has 0 fully saturated rings. The van der Waals surface area contributed by atoms with Gasteiger partial charge >= 0.3 is 0 Å². The molecule has 0 spiro atoms. The van der Waals surface area contributed by atoms with Crippen molar-refractivity contribution in [3.63, 3.8) is 0 Å². The van der Waals surface area contributed by atoms with E-state index >= 15 is 0 Å². The molecule has 2 unspecified atom stereocenters. The van der Waals surface area contributed by atoms with Crippen LogP contribution < -0.4 is 10.1 Å². The topological polar surface area (TPSA) is 72.5 Å². The molecule has 128 valence electrons. The summed E-state index contributed by atoms with van der Waals surface area (Å²) in [4.78, 5) is 12.1. The molecule has 0 aromatic heterocycles. The highest BCUT2D eigenvalue weighted by Crippen LogP contribution is 2.29. The van der Waals surface area contributed by atoms with Gasteiger partial charge in [-0.1, -0.05) is 36.4 Å². The van der Waals surface area contributed by atoms with Gasteiger partial charge in [0.15, 0.2) is 9.84 Å². The number of amides is 1. The maximum Gasteiger partial charge on any atom is 0.238 e. The summed E-state index contributed by atoms with van der Waals surface area (Å²) in [6.45, 7) is 3.17. The van der Waals surface area contributed by atoms with Crippen LogP contribution in [0, 0.1) is 0 Å². The van der Waals surface area contributed by atoms with Crippen molar-refractivity contribution in [2.24, 2.45) is 0 Å². The quantitative estimate of drug-likeness (QED) is 0.871. The van der Waals surface area contributed by atoms with Crippen LogP contribution in [-0.2, 0) is 14.6 Å². The van der Waals surface area contributed by atoms with Crippen molar-refractivity contribution in [3.8, 4) is 11.5 Å². The molecule has 0 radical (unpaired) electrons. The van der Waals surface area contributed by atoms with Crippen LogP contribution in [0.3, 0.4) is 0 Å². The van der Waals surface area contributed by atoms with Crippen LogP contribution in [0.25, 0.3) is 0 Å². The normalized spacial score (nSPS) is 13.8. The van der Waals surface area contributed by atoms with Crippen molar-refractivity contribution in [1.82, 2.24) is 5.32 Å². The van der Waals surface area contributed by atoms with E-state index in [1.165, 1.54) is 6.92 Å². The molecular formula is C18H21NO4S. The first-order valence-electron chi connectivity index (χ1n) is 7.60. The molecule has 0 saturated carbocycles. The summed E-state index contributed by atoms with van der Waals surface area (Å²) in [7, 11) is -3.43. The first-order valence-corrected chi connectivity index (χ1v) is 9.55. The zero-order chi connectivity index (χ0) is 17.7. The summed E-state index contributed by atoms with van der Waals surface area (Å²) in [6.07, 6.45) is 1.05. The summed E-state index contributed by atoms with van der Waals surface area (Å²) in [5.74, 6) is 0.774. The van der Waals surface area contributed by atoms with Crippen molar-refractivity contribution < 1.29 is 17.9 Å². The molecule has 2 aromatic carbocycles. The Balaban J connectivity index is 2.18. The minimum absolute atomic E-state index is 0.387. The van der Waals surface area contributed by atoms with Crippen LogP contribution in [0.1, 0.15) is 25.5 Å². The van der Waals surface area contributed by atoms with Gasteiger partial charge in [-0.05, 0) is 32.0 Å². The highest BCUT2D eigenvalue weighted by Gasteiger charge is 2.25. The van der Waals surface area contributed by atoms with E-state index in [9.17, 15) is 13.2 Å². The molecule has 0 aliphatic carbocycles. The third kappa shape index (κ3) is 4.58. The number of ether oxygens (including phenoxy) is 1. The fraction of sp³-hybridized carbons (Fsp3) is 0.278. The minimum Gasteiger partial charge on any atom is -0.457 e. The predicted molar refractivity (Wildman–Crippen MR) is 93.8 cm³/mol. The number of para-hydroxylation sites is 2. The Bertz CT molecular complexity index is 803. The molecule has 0 bridgehead atoms. The molecule has 2 aromatic rings. The van der Waals surface area contributed by atoms with Crippen LogP contribution in [0.2, 0.25) is 0 Å². The lowest BCUT2D eigenvalue weighted by Crippen LogP contribution is -2.38. The van der Waals surface area contributed by atoms with E-state index in [-0.39, 0.29) is 6.04 Å².